The van der Waals surface area contributed by atoms with Gasteiger partial charge < -0.3 is 10.6 Å². The molecule has 27 heavy (non-hydrogen) atoms. The molecule has 6 nitrogen and oxygen atoms in total. The fourth-order valence-electron chi connectivity index (χ4n) is 3.38. The molecule has 3 aromatic rings. The van der Waals surface area contributed by atoms with Crippen molar-refractivity contribution >= 4 is 28.5 Å². The van der Waals surface area contributed by atoms with Gasteiger partial charge in [0, 0.05) is 6.04 Å². The van der Waals surface area contributed by atoms with Crippen molar-refractivity contribution in [1.29, 1.82) is 0 Å². The molecule has 4 rings (SSSR count). The molecule has 2 aromatic carbocycles. The van der Waals surface area contributed by atoms with E-state index in [0.29, 0.717) is 16.8 Å². The molecule has 0 aliphatic heterocycles. The van der Waals surface area contributed by atoms with Crippen molar-refractivity contribution in [2.24, 2.45) is 0 Å². The van der Waals surface area contributed by atoms with Crippen molar-refractivity contribution in [3.8, 4) is 0 Å². The van der Waals surface area contributed by atoms with Crippen LogP contribution in [0.25, 0.3) is 11.0 Å². The van der Waals surface area contributed by atoms with Crippen LogP contribution in [-0.2, 0) is 0 Å². The molecule has 2 N–H and O–H groups in total. The van der Waals surface area contributed by atoms with Crippen molar-refractivity contribution < 1.29 is 9.59 Å². The van der Waals surface area contributed by atoms with Gasteiger partial charge in [0.2, 0.25) is 0 Å². The molecule has 0 bridgehead atoms. The third-order valence-electron chi connectivity index (χ3n) is 4.79. The first-order valence-corrected chi connectivity index (χ1v) is 9.14. The fourth-order valence-corrected chi connectivity index (χ4v) is 3.38. The van der Waals surface area contributed by atoms with Gasteiger partial charge in [0.1, 0.15) is 5.69 Å². The molecular weight excluding hydrogens is 340 g/mol. The number of aromatic nitrogens is 2. The van der Waals surface area contributed by atoms with Crippen molar-refractivity contribution in [1.82, 2.24) is 15.3 Å². The van der Waals surface area contributed by atoms with Gasteiger partial charge in [-0.3, -0.25) is 14.6 Å². The maximum Gasteiger partial charge on any atom is 0.275 e. The van der Waals surface area contributed by atoms with Gasteiger partial charge >= 0.3 is 0 Å². The Labute approximate surface area is 157 Å². The van der Waals surface area contributed by atoms with E-state index in [-0.39, 0.29) is 17.6 Å². The molecule has 136 valence electrons. The van der Waals surface area contributed by atoms with Crippen LogP contribution in [0.2, 0.25) is 0 Å². The third-order valence-corrected chi connectivity index (χ3v) is 4.79. The minimum atomic E-state index is -0.394. The normalized spacial score (nSPS) is 14.2. The topological polar surface area (TPSA) is 84.0 Å². The van der Waals surface area contributed by atoms with E-state index in [9.17, 15) is 9.59 Å². The van der Waals surface area contributed by atoms with Crippen LogP contribution in [0.4, 0.5) is 5.69 Å². The van der Waals surface area contributed by atoms with E-state index < -0.39 is 5.91 Å². The summed E-state index contributed by atoms with van der Waals surface area (Å²) in [6.45, 7) is 0. The van der Waals surface area contributed by atoms with Gasteiger partial charge in [0.05, 0.1) is 28.5 Å². The molecule has 1 aromatic heterocycles. The first-order chi connectivity index (χ1) is 13.2. The highest BCUT2D eigenvalue weighted by Crippen LogP contribution is 2.21. The summed E-state index contributed by atoms with van der Waals surface area (Å²) >= 11 is 0. The predicted octanol–water partition coefficient (Wildman–Crippen LogP) is 3.55. The van der Waals surface area contributed by atoms with Crippen molar-refractivity contribution in [2.45, 2.75) is 31.7 Å². The van der Waals surface area contributed by atoms with Crippen LogP contribution in [0.5, 0.6) is 0 Å². The van der Waals surface area contributed by atoms with E-state index >= 15 is 0 Å². The zero-order chi connectivity index (χ0) is 18.6. The Bertz CT molecular complexity index is 996. The highest BCUT2D eigenvalue weighted by molar-refractivity contribution is 6.08. The molecule has 0 radical (unpaired) electrons. The van der Waals surface area contributed by atoms with Gasteiger partial charge in [-0.05, 0) is 37.1 Å². The maximum absolute atomic E-state index is 12.6. The lowest BCUT2D eigenvalue weighted by Crippen LogP contribution is -2.33. The largest absolute Gasteiger partial charge is 0.349 e. The number of rotatable bonds is 4. The average Bonchev–Trinajstić information content (AvgIpc) is 3.21. The lowest BCUT2D eigenvalue weighted by Gasteiger charge is -2.15. The number of amides is 2. The standard InChI is InChI=1S/C21H20N4O2/c26-20(23-14-7-1-2-8-14)15-9-3-4-10-16(15)25-21(27)19-13-22-17-11-5-6-12-18(17)24-19/h3-6,9-14H,1-2,7-8H2,(H,23,26)(H,25,27). The zero-order valence-corrected chi connectivity index (χ0v) is 14.8. The van der Waals surface area contributed by atoms with Gasteiger partial charge in [0.15, 0.2) is 0 Å². The SMILES string of the molecule is O=C(Nc1ccccc1C(=O)NC1CCCC1)c1cnc2ccccc2n1. The lowest BCUT2D eigenvalue weighted by atomic mass is 10.1. The number of hydrogen-bond acceptors (Lipinski definition) is 4. The average molecular weight is 360 g/mol. The van der Waals surface area contributed by atoms with Crippen LogP contribution in [0.15, 0.2) is 54.7 Å². The van der Waals surface area contributed by atoms with Crippen LogP contribution >= 0.6 is 0 Å². The molecule has 0 spiro atoms. The molecular formula is C21H20N4O2. The Morgan fingerprint density at radius 3 is 2.41 bits per heavy atom. The second-order valence-electron chi connectivity index (χ2n) is 6.70. The number of anilines is 1. The molecule has 6 heteroatoms. The highest BCUT2D eigenvalue weighted by Gasteiger charge is 2.20. The van der Waals surface area contributed by atoms with Crippen molar-refractivity contribution in [3.63, 3.8) is 0 Å². The zero-order valence-electron chi connectivity index (χ0n) is 14.8. The van der Waals surface area contributed by atoms with Gasteiger partial charge in [-0.25, -0.2) is 4.98 Å². The van der Waals surface area contributed by atoms with Crippen LogP contribution in [0, 0.1) is 0 Å². The number of nitrogens with one attached hydrogen (secondary N) is 2. The summed E-state index contributed by atoms with van der Waals surface area (Å²) < 4.78 is 0. The fraction of sp³-hybridized carbons (Fsp3) is 0.238. The number of nitrogens with zero attached hydrogens (tertiary/aromatic N) is 2. The van der Waals surface area contributed by atoms with Gasteiger partial charge in [0.25, 0.3) is 11.8 Å². The Kier molecular flexibility index (Phi) is 4.78. The first kappa shape index (κ1) is 17.1. The van der Waals surface area contributed by atoms with Gasteiger partial charge in [-0.1, -0.05) is 37.1 Å². The van der Waals surface area contributed by atoms with Gasteiger partial charge in [-0.2, -0.15) is 0 Å². The number of para-hydroxylation sites is 3. The highest BCUT2D eigenvalue weighted by atomic mass is 16.2. The lowest BCUT2D eigenvalue weighted by molar-refractivity contribution is 0.0939. The van der Waals surface area contributed by atoms with Crippen molar-refractivity contribution in [2.75, 3.05) is 5.32 Å². The molecule has 1 aliphatic carbocycles. The molecule has 1 heterocycles. The summed E-state index contributed by atoms with van der Waals surface area (Å²) in [4.78, 5) is 33.9. The second kappa shape index (κ2) is 7.53. The number of carbonyl (C=O) groups excluding carboxylic acids is 2. The van der Waals surface area contributed by atoms with E-state index in [2.05, 4.69) is 20.6 Å². The molecule has 0 unspecified atom stereocenters. The summed E-state index contributed by atoms with van der Waals surface area (Å²) in [7, 11) is 0. The molecule has 1 fully saturated rings. The number of fused-ring (bicyclic) bond motifs is 1. The molecule has 1 saturated carbocycles. The number of hydrogen-bond donors (Lipinski definition) is 2. The van der Waals surface area contributed by atoms with Crippen LogP contribution in [0.1, 0.15) is 46.5 Å². The minimum Gasteiger partial charge on any atom is -0.349 e. The molecule has 0 saturated heterocycles. The maximum atomic E-state index is 12.6. The summed E-state index contributed by atoms with van der Waals surface area (Å²) in [5, 5.41) is 5.85. The summed E-state index contributed by atoms with van der Waals surface area (Å²) in [5.41, 5.74) is 2.50. The van der Waals surface area contributed by atoms with E-state index in [1.165, 1.54) is 6.20 Å². The summed E-state index contributed by atoms with van der Waals surface area (Å²) in [5.74, 6) is -0.559. The first-order valence-electron chi connectivity index (χ1n) is 9.14. The Morgan fingerprint density at radius 1 is 0.889 bits per heavy atom. The molecule has 1 aliphatic rings. The Hall–Kier alpha value is -3.28. The smallest absolute Gasteiger partial charge is 0.275 e. The van der Waals surface area contributed by atoms with Crippen LogP contribution in [-0.4, -0.2) is 27.8 Å². The molecule has 2 amide bonds. The third kappa shape index (κ3) is 3.79. The van der Waals surface area contributed by atoms with E-state index in [1.54, 1.807) is 24.3 Å². The van der Waals surface area contributed by atoms with E-state index in [1.807, 2.05) is 24.3 Å². The second-order valence-corrected chi connectivity index (χ2v) is 6.70. The monoisotopic (exact) mass is 360 g/mol. The summed E-state index contributed by atoms with van der Waals surface area (Å²) in [6.07, 6.45) is 5.74. The van der Waals surface area contributed by atoms with E-state index in [0.717, 1.165) is 31.2 Å². The summed E-state index contributed by atoms with van der Waals surface area (Å²) in [6, 6.07) is 14.6. The van der Waals surface area contributed by atoms with Crippen LogP contribution in [0.3, 0.4) is 0 Å². The Morgan fingerprint density at radius 2 is 1.59 bits per heavy atom. The van der Waals surface area contributed by atoms with Gasteiger partial charge in [-0.15, -0.1) is 0 Å². The van der Waals surface area contributed by atoms with Crippen LogP contribution < -0.4 is 10.6 Å². The number of benzene rings is 2. The Balaban J connectivity index is 1.54. The van der Waals surface area contributed by atoms with E-state index in [4.69, 9.17) is 0 Å². The minimum absolute atomic E-state index is 0.164. The predicted molar refractivity (Wildman–Crippen MR) is 104 cm³/mol. The molecule has 0 atom stereocenters. The quantitative estimate of drug-likeness (QED) is 0.745. The number of carbonyl (C=O) groups is 2. The van der Waals surface area contributed by atoms with Crippen molar-refractivity contribution in [3.05, 3.63) is 66.0 Å².